The molecule has 0 heterocycles. The molecular weight excluding hydrogens is 240 g/mol. The van der Waals surface area contributed by atoms with E-state index in [0.717, 1.165) is 0 Å². The second-order valence-electron chi connectivity index (χ2n) is 1.88. The van der Waals surface area contributed by atoms with Crippen LogP contribution in [0.1, 0.15) is 13.8 Å². The van der Waals surface area contributed by atoms with Gasteiger partial charge in [-0.25, -0.2) is 0 Å². The average Bonchev–Trinajstić information content (AvgIpc) is 2.49. The Balaban J connectivity index is -0.0000000356. The highest BCUT2D eigenvalue weighted by Gasteiger charge is 2.02. The number of esters is 1. The topological polar surface area (TPSA) is 35.5 Å². The number of carbonyl (C=O) groups is 1. The van der Waals surface area contributed by atoms with Crippen LogP contribution >= 0.6 is 0 Å². The third-order valence-corrected chi connectivity index (χ3v) is 0.769. The van der Waals surface area contributed by atoms with Crippen molar-refractivity contribution >= 4 is 5.97 Å². The Bertz CT molecular complexity index is 135. The lowest BCUT2D eigenvalue weighted by Crippen LogP contribution is -2.17. The molecule has 0 bridgehead atoms. The summed E-state index contributed by atoms with van der Waals surface area (Å²) in [6, 6.07) is 0. The number of methoxy groups -OCH3 is 1. The van der Waals surface area contributed by atoms with Crippen LogP contribution in [-0.4, -0.2) is 25.8 Å². The molecule has 0 saturated heterocycles. The van der Waals surface area contributed by atoms with Gasteiger partial charge in [-0.2, -0.15) is 0 Å². The highest BCUT2D eigenvalue weighted by molar-refractivity contribution is 5.66. The van der Waals surface area contributed by atoms with Gasteiger partial charge in [-0.05, 0) is 6.92 Å². The van der Waals surface area contributed by atoms with Crippen LogP contribution in [0.3, 0.4) is 0 Å². The first kappa shape index (κ1) is 36.0. The van der Waals surface area contributed by atoms with E-state index < -0.39 is 0 Å². The van der Waals surface area contributed by atoms with Crippen LogP contribution in [0.2, 0.25) is 0 Å². The molecule has 0 rings (SSSR count). The van der Waals surface area contributed by atoms with Gasteiger partial charge in [-0.3, -0.25) is 4.79 Å². The SMILES string of the molecule is C=C.C=C.C=C.C=C.C=C.COCC(C)OC(C)=O. The van der Waals surface area contributed by atoms with Crippen molar-refractivity contribution < 1.29 is 14.3 Å². The molecule has 1 unspecified atom stereocenters. The summed E-state index contributed by atoms with van der Waals surface area (Å²) in [5.74, 6) is -0.264. The zero-order valence-corrected chi connectivity index (χ0v) is 13.1. The zero-order chi connectivity index (χ0) is 17.3. The number of ether oxygens (including phenoxy) is 2. The van der Waals surface area contributed by atoms with Gasteiger partial charge >= 0.3 is 5.97 Å². The standard InChI is InChI=1S/C6H12O3.5C2H4/c1-5(4-8-3)9-6(2)7;5*1-2/h5H,4H2,1-3H3;5*1-2H2. The van der Waals surface area contributed by atoms with Crippen molar-refractivity contribution in [3.05, 3.63) is 65.8 Å². The largest absolute Gasteiger partial charge is 0.460 e. The van der Waals surface area contributed by atoms with Crippen LogP contribution in [0.25, 0.3) is 0 Å². The quantitative estimate of drug-likeness (QED) is 0.556. The third kappa shape index (κ3) is 122. The van der Waals surface area contributed by atoms with Crippen LogP contribution in [-0.2, 0) is 14.3 Å². The number of carbonyl (C=O) groups excluding carboxylic acids is 1. The molecule has 0 aliphatic rings. The van der Waals surface area contributed by atoms with Crippen LogP contribution < -0.4 is 0 Å². The van der Waals surface area contributed by atoms with E-state index in [1.807, 2.05) is 0 Å². The van der Waals surface area contributed by atoms with Gasteiger partial charge in [0.1, 0.15) is 6.10 Å². The molecule has 0 amide bonds. The summed E-state index contributed by atoms with van der Waals surface area (Å²) >= 11 is 0. The molecule has 0 fully saturated rings. The molecule has 0 N–H and O–H groups in total. The minimum absolute atomic E-state index is 0.132. The van der Waals surface area contributed by atoms with Crippen LogP contribution in [0.5, 0.6) is 0 Å². The molecule has 0 aliphatic carbocycles. The Morgan fingerprint density at radius 2 is 1.16 bits per heavy atom. The normalized spacial score (nSPS) is 7.11. The predicted octanol–water partition coefficient (Wildman–Crippen LogP) is 4.60. The fourth-order valence-corrected chi connectivity index (χ4v) is 0.552. The Morgan fingerprint density at radius 1 is 0.895 bits per heavy atom. The summed E-state index contributed by atoms with van der Waals surface area (Å²) in [6.45, 7) is 33.6. The highest BCUT2D eigenvalue weighted by atomic mass is 16.6. The Kier molecular flexibility index (Phi) is 138. The highest BCUT2D eigenvalue weighted by Crippen LogP contribution is 1.90. The summed E-state index contributed by atoms with van der Waals surface area (Å²) in [5.41, 5.74) is 0. The second-order valence-corrected chi connectivity index (χ2v) is 1.88. The summed E-state index contributed by atoms with van der Waals surface area (Å²) in [7, 11) is 1.57. The lowest BCUT2D eigenvalue weighted by Gasteiger charge is -2.08. The van der Waals surface area contributed by atoms with Crippen molar-refractivity contribution in [2.24, 2.45) is 0 Å². The van der Waals surface area contributed by atoms with Gasteiger partial charge in [0.25, 0.3) is 0 Å². The van der Waals surface area contributed by atoms with E-state index in [2.05, 4.69) is 65.8 Å². The maximum Gasteiger partial charge on any atom is 0.302 e. The van der Waals surface area contributed by atoms with Gasteiger partial charge < -0.3 is 9.47 Å². The van der Waals surface area contributed by atoms with E-state index in [9.17, 15) is 4.79 Å². The first-order chi connectivity index (χ1) is 9.16. The summed E-state index contributed by atoms with van der Waals surface area (Å²) in [5, 5.41) is 0. The van der Waals surface area contributed by atoms with Gasteiger partial charge in [0, 0.05) is 14.0 Å². The molecule has 0 aromatic heterocycles. The van der Waals surface area contributed by atoms with Crippen molar-refractivity contribution in [3.8, 4) is 0 Å². The van der Waals surface area contributed by atoms with E-state index in [1.54, 1.807) is 14.0 Å². The van der Waals surface area contributed by atoms with Crippen molar-refractivity contribution in [3.63, 3.8) is 0 Å². The Morgan fingerprint density at radius 3 is 1.32 bits per heavy atom. The van der Waals surface area contributed by atoms with E-state index in [-0.39, 0.29) is 12.1 Å². The maximum absolute atomic E-state index is 10.3. The Labute approximate surface area is 120 Å². The summed E-state index contributed by atoms with van der Waals surface area (Å²) in [4.78, 5) is 10.3. The number of rotatable bonds is 3. The fourth-order valence-electron chi connectivity index (χ4n) is 0.552. The van der Waals surface area contributed by atoms with Crippen LogP contribution in [0, 0.1) is 0 Å². The fraction of sp³-hybridized carbons (Fsp3) is 0.312. The van der Waals surface area contributed by atoms with Gasteiger partial charge in [-0.15, -0.1) is 65.8 Å². The van der Waals surface area contributed by atoms with Crippen LogP contribution in [0.15, 0.2) is 65.8 Å². The van der Waals surface area contributed by atoms with Crippen LogP contribution in [0.4, 0.5) is 0 Å². The van der Waals surface area contributed by atoms with E-state index in [0.29, 0.717) is 6.61 Å². The molecule has 19 heavy (non-hydrogen) atoms. The van der Waals surface area contributed by atoms with Gasteiger partial charge in [0.2, 0.25) is 0 Å². The lowest BCUT2D eigenvalue weighted by atomic mass is 10.4. The smallest absolute Gasteiger partial charge is 0.302 e. The maximum atomic E-state index is 10.3. The van der Waals surface area contributed by atoms with E-state index in [4.69, 9.17) is 9.47 Å². The van der Waals surface area contributed by atoms with Crippen molar-refractivity contribution in [1.82, 2.24) is 0 Å². The molecule has 0 spiro atoms. The monoisotopic (exact) mass is 272 g/mol. The molecule has 114 valence electrons. The minimum Gasteiger partial charge on any atom is -0.460 e. The number of hydrogen-bond donors (Lipinski definition) is 0. The minimum atomic E-state index is -0.264. The third-order valence-electron chi connectivity index (χ3n) is 0.769. The number of hydrogen-bond acceptors (Lipinski definition) is 3. The first-order valence-electron chi connectivity index (χ1n) is 5.33. The first-order valence-corrected chi connectivity index (χ1v) is 5.33. The molecule has 0 aliphatic heterocycles. The van der Waals surface area contributed by atoms with E-state index in [1.165, 1.54) is 6.92 Å². The van der Waals surface area contributed by atoms with Gasteiger partial charge in [0.15, 0.2) is 0 Å². The summed E-state index contributed by atoms with van der Waals surface area (Å²) < 4.78 is 9.45. The predicted molar refractivity (Wildman–Crippen MR) is 89.4 cm³/mol. The molecule has 0 saturated carbocycles. The summed E-state index contributed by atoms with van der Waals surface area (Å²) in [6.07, 6.45) is -0.132. The lowest BCUT2D eigenvalue weighted by molar-refractivity contribution is -0.147. The van der Waals surface area contributed by atoms with Gasteiger partial charge in [0.05, 0.1) is 6.61 Å². The second kappa shape index (κ2) is 72.6. The average molecular weight is 272 g/mol. The molecular formula is C16H32O3. The molecule has 0 aromatic rings. The molecule has 0 aromatic carbocycles. The van der Waals surface area contributed by atoms with Crippen molar-refractivity contribution in [2.45, 2.75) is 20.0 Å². The molecule has 1 atom stereocenters. The molecule has 3 nitrogen and oxygen atoms in total. The molecule has 0 radical (unpaired) electrons. The van der Waals surface area contributed by atoms with Crippen molar-refractivity contribution in [1.29, 1.82) is 0 Å². The zero-order valence-electron chi connectivity index (χ0n) is 13.1. The molecule has 3 heteroatoms. The van der Waals surface area contributed by atoms with E-state index >= 15 is 0 Å². The Hall–Kier alpha value is -1.87. The van der Waals surface area contributed by atoms with Gasteiger partial charge in [-0.1, -0.05) is 0 Å². The van der Waals surface area contributed by atoms with Crippen molar-refractivity contribution in [2.75, 3.05) is 13.7 Å².